The number of ether oxygens (including phenoxy) is 2. The zero-order valence-corrected chi connectivity index (χ0v) is 13.8. The van der Waals surface area contributed by atoms with Crippen LogP contribution in [0.15, 0.2) is 0 Å². The Labute approximate surface area is 126 Å². The molecule has 0 rings (SSSR count). The summed E-state index contributed by atoms with van der Waals surface area (Å²) in [6, 6.07) is 0. The minimum Gasteiger partial charge on any atom is -0.353 e. The molecule has 2 heteroatoms. The van der Waals surface area contributed by atoms with Crippen LogP contribution in [0.1, 0.15) is 85.0 Å². The Morgan fingerprint density at radius 2 is 1.55 bits per heavy atom. The Hall–Kier alpha value is -0.520. The molecule has 0 radical (unpaired) electrons. The van der Waals surface area contributed by atoms with Crippen LogP contribution in [-0.4, -0.2) is 19.0 Å². The van der Waals surface area contributed by atoms with E-state index in [1.54, 1.807) is 0 Å². The van der Waals surface area contributed by atoms with Crippen molar-refractivity contribution in [3.05, 3.63) is 0 Å². The highest BCUT2D eigenvalue weighted by Gasteiger charge is 2.12. The molecular weight excluding hydrogens is 248 g/mol. The second-order valence-electron chi connectivity index (χ2n) is 5.45. The molecule has 0 bridgehead atoms. The van der Waals surface area contributed by atoms with E-state index in [-0.39, 0.29) is 12.4 Å². The minimum atomic E-state index is -0.146. The van der Waals surface area contributed by atoms with Crippen LogP contribution >= 0.6 is 0 Å². The van der Waals surface area contributed by atoms with Gasteiger partial charge < -0.3 is 9.47 Å². The Morgan fingerprint density at radius 3 is 2.10 bits per heavy atom. The van der Waals surface area contributed by atoms with E-state index < -0.39 is 0 Å². The maximum Gasteiger partial charge on any atom is 0.155 e. The summed E-state index contributed by atoms with van der Waals surface area (Å²) < 4.78 is 11.2. The van der Waals surface area contributed by atoms with Gasteiger partial charge in [0.05, 0.1) is 6.10 Å². The highest BCUT2D eigenvalue weighted by Crippen LogP contribution is 2.15. The lowest BCUT2D eigenvalue weighted by atomic mass is 10.0. The molecule has 2 unspecified atom stereocenters. The Bertz CT molecular complexity index is 232. The van der Waals surface area contributed by atoms with E-state index in [1.807, 2.05) is 13.8 Å². The number of hydrogen-bond acceptors (Lipinski definition) is 2. The van der Waals surface area contributed by atoms with Gasteiger partial charge in [-0.2, -0.15) is 0 Å². The summed E-state index contributed by atoms with van der Waals surface area (Å²) in [5, 5.41) is 0. The van der Waals surface area contributed by atoms with Gasteiger partial charge in [-0.1, -0.05) is 58.3 Å². The van der Waals surface area contributed by atoms with Crippen LogP contribution in [-0.2, 0) is 9.47 Å². The van der Waals surface area contributed by atoms with Crippen LogP contribution in [0.5, 0.6) is 0 Å². The highest BCUT2D eigenvalue weighted by atomic mass is 16.7. The van der Waals surface area contributed by atoms with Gasteiger partial charge >= 0.3 is 0 Å². The number of terminal acetylenes is 1. The summed E-state index contributed by atoms with van der Waals surface area (Å²) in [7, 11) is 0. The van der Waals surface area contributed by atoms with Crippen molar-refractivity contribution in [2.24, 2.45) is 0 Å². The van der Waals surface area contributed by atoms with Crippen molar-refractivity contribution in [3.8, 4) is 12.3 Å². The molecule has 0 fully saturated rings. The third kappa shape index (κ3) is 12.5. The molecule has 0 amide bonds. The fourth-order valence-corrected chi connectivity index (χ4v) is 2.40. The maximum atomic E-state index is 5.83. The molecule has 0 aliphatic carbocycles. The standard InChI is InChI=1S/C18H34O2/c1-5-8-9-10-11-12-13-14-16-18(15-6-2)20-17(4)19-7-3/h2,17-18H,5,7-16H2,1,3-4H3. The minimum absolute atomic E-state index is 0.146. The van der Waals surface area contributed by atoms with Crippen LogP contribution < -0.4 is 0 Å². The molecule has 0 spiro atoms. The molecule has 0 aliphatic rings. The predicted molar refractivity (Wildman–Crippen MR) is 86.6 cm³/mol. The van der Waals surface area contributed by atoms with Crippen molar-refractivity contribution in [3.63, 3.8) is 0 Å². The summed E-state index contributed by atoms with van der Waals surface area (Å²) in [6.45, 7) is 6.87. The van der Waals surface area contributed by atoms with E-state index in [0.29, 0.717) is 13.0 Å². The number of hydrogen-bond donors (Lipinski definition) is 0. The summed E-state index contributed by atoms with van der Waals surface area (Å²) in [4.78, 5) is 0. The highest BCUT2D eigenvalue weighted by molar-refractivity contribution is 4.87. The summed E-state index contributed by atoms with van der Waals surface area (Å²) in [6.07, 6.45) is 17.9. The van der Waals surface area contributed by atoms with Gasteiger partial charge in [0.25, 0.3) is 0 Å². The Morgan fingerprint density at radius 1 is 0.950 bits per heavy atom. The third-order valence-corrected chi connectivity index (χ3v) is 3.51. The molecular formula is C18H34O2. The largest absolute Gasteiger partial charge is 0.353 e. The van der Waals surface area contributed by atoms with Gasteiger partial charge in [0.2, 0.25) is 0 Å². The topological polar surface area (TPSA) is 18.5 Å². The molecule has 118 valence electrons. The average molecular weight is 282 g/mol. The molecule has 2 atom stereocenters. The number of unbranched alkanes of at least 4 members (excludes halogenated alkanes) is 7. The second kappa shape index (κ2) is 14.9. The lowest BCUT2D eigenvalue weighted by molar-refractivity contribution is -0.157. The third-order valence-electron chi connectivity index (χ3n) is 3.51. The molecule has 0 N–H and O–H groups in total. The van der Waals surface area contributed by atoms with Gasteiger partial charge in [-0.3, -0.25) is 0 Å². The van der Waals surface area contributed by atoms with Crippen molar-refractivity contribution in [1.82, 2.24) is 0 Å². The summed E-state index contributed by atoms with van der Waals surface area (Å²) >= 11 is 0. The van der Waals surface area contributed by atoms with Crippen molar-refractivity contribution in [2.75, 3.05) is 6.61 Å². The van der Waals surface area contributed by atoms with Gasteiger partial charge in [0.15, 0.2) is 6.29 Å². The second-order valence-corrected chi connectivity index (χ2v) is 5.45. The van der Waals surface area contributed by atoms with Gasteiger partial charge in [-0.05, 0) is 20.3 Å². The van der Waals surface area contributed by atoms with Crippen molar-refractivity contribution in [1.29, 1.82) is 0 Å². The smallest absolute Gasteiger partial charge is 0.155 e. The van der Waals surface area contributed by atoms with Gasteiger partial charge in [-0.15, -0.1) is 12.3 Å². The molecule has 20 heavy (non-hydrogen) atoms. The molecule has 0 aromatic rings. The Kier molecular flexibility index (Phi) is 14.5. The molecule has 0 aromatic heterocycles. The number of rotatable bonds is 14. The molecule has 0 heterocycles. The summed E-state index contributed by atoms with van der Waals surface area (Å²) in [5.74, 6) is 2.71. The lowest BCUT2D eigenvalue weighted by Gasteiger charge is -2.20. The fraction of sp³-hybridized carbons (Fsp3) is 0.889. The molecule has 0 aliphatic heterocycles. The van der Waals surface area contributed by atoms with Crippen LogP contribution in [0.4, 0.5) is 0 Å². The normalized spacial score (nSPS) is 13.9. The van der Waals surface area contributed by atoms with Gasteiger partial charge in [0, 0.05) is 13.0 Å². The lowest BCUT2D eigenvalue weighted by Crippen LogP contribution is -2.22. The predicted octanol–water partition coefficient (Wildman–Crippen LogP) is 5.31. The molecule has 2 nitrogen and oxygen atoms in total. The summed E-state index contributed by atoms with van der Waals surface area (Å²) in [5.41, 5.74) is 0. The monoisotopic (exact) mass is 282 g/mol. The SMILES string of the molecule is C#CCC(CCCCCCCCCC)OC(C)OCC. The molecule has 0 saturated heterocycles. The molecule has 0 aromatic carbocycles. The van der Waals surface area contributed by atoms with Crippen LogP contribution in [0.2, 0.25) is 0 Å². The van der Waals surface area contributed by atoms with E-state index in [4.69, 9.17) is 15.9 Å². The first-order valence-electron chi connectivity index (χ1n) is 8.45. The quantitative estimate of drug-likeness (QED) is 0.244. The van der Waals surface area contributed by atoms with Crippen LogP contribution in [0, 0.1) is 12.3 Å². The zero-order chi connectivity index (χ0) is 15.1. The van der Waals surface area contributed by atoms with E-state index in [0.717, 1.165) is 6.42 Å². The zero-order valence-electron chi connectivity index (χ0n) is 13.8. The van der Waals surface area contributed by atoms with Crippen LogP contribution in [0.3, 0.4) is 0 Å². The van der Waals surface area contributed by atoms with Gasteiger partial charge in [-0.25, -0.2) is 0 Å². The van der Waals surface area contributed by atoms with Crippen LogP contribution in [0.25, 0.3) is 0 Å². The average Bonchev–Trinajstić information content (AvgIpc) is 2.42. The van der Waals surface area contributed by atoms with Crippen molar-refractivity contribution in [2.45, 2.75) is 97.4 Å². The van der Waals surface area contributed by atoms with Gasteiger partial charge in [0.1, 0.15) is 0 Å². The van der Waals surface area contributed by atoms with E-state index in [9.17, 15) is 0 Å². The van der Waals surface area contributed by atoms with Crippen molar-refractivity contribution < 1.29 is 9.47 Å². The Balaban J connectivity index is 3.58. The first kappa shape index (κ1) is 19.5. The van der Waals surface area contributed by atoms with E-state index >= 15 is 0 Å². The maximum absolute atomic E-state index is 5.83. The fourth-order valence-electron chi connectivity index (χ4n) is 2.40. The van der Waals surface area contributed by atoms with E-state index in [1.165, 1.54) is 51.4 Å². The van der Waals surface area contributed by atoms with E-state index in [2.05, 4.69) is 12.8 Å². The van der Waals surface area contributed by atoms with Crippen molar-refractivity contribution >= 4 is 0 Å². The first-order valence-corrected chi connectivity index (χ1v) is 8.45. The first-order chi connectivity index (χ1) is 9.74. The molecule has 0 saturated carbocycles.